The molecule has 1 saturated heterocycles. The molecule has 0 unspecified atom stereocenters. The standard InChI is InChI=1S/C15H24N4O2/c1-12-9-18(6-7-19(12)10-13(2)20)11-15(21)17-14-4-3-5-16-8-14/h3-5,8,12-13,20H,6-7,9-11H2,1-2H3,(H,17,21)/t12-,13+/m1/s1. The summed E-state index contributed by atoms with van der Waals surface area (Å²) >= 11 is 0. The van der Waals surface area contributed by atoms with E-state index in [9.17, 15) is 9.90 Å². The van der Waals surface area contributed by atoms with E-state index in [1.807, 2.05) is 6.07 Å². The lowest BCUT2D eigenvalue weighted by atomic mass is 10.1. The number of β-amino-alcohol motifs (C(OH)–C–C–N with tert-alkyl or cyclic N) is 1. The van der Waals surface area contributed by atoms with Gasteiger partial charge in [-0.15, -0.1) is 0 Å². The van der Waals surface area contributed by atoms with Gasteiger partial charge in [0, 0.05) is 38.4 Å². The van der Waals surface area contributed by atoms with Gasteiger partial charge in [-0.25, -0.2) is 0 Å². The summed E-state index contributed by atoms with van der Waals surface area (Å²) < 4.78 is 0. The van der Waals surface area contributed by atoms with E-state index < -0.39 is 0 Å². The highest BCUT2D eigenvalue weighted by atomic mass is 16.3. The van der Waals surface area contributed by atoms with Crippen molar-refractivity contribution in [3.63, 3.8) is 0 Å². The van der Waals surface area contributed by atoms with Crippen LogP contribution in [0.15, 0.2) is 24.5 Å². The number of hydrogen-bond acceptors (Lipinski definition) is 5. The molecule has 21 heavy (non-hydrogen) atoms. The van der Waals surface area contributed by atoms with E-state index in [1.165, 1.54) is 0 Å². The lowest BCUT2D eigenvalue weighted by Crippen LogP contribution is -2.54. The van der Waals surface area contributed by atoms with Gasteiger partial charge in [-0.2, -0.15) is 0 Å². The summed E-state index contributed by atoms with van der Waals surface area (Å²) in [4.78, 5) is 20.4. The third kappa shape index (κ3) is 5.08. The van der Waals surface area contributed by atoms with Gasteiger partial charge in [0.15, 0.2) is 0 Å². The zero-order chi connectivity index (χ0) is 15.2. The highest BCUT2D eigenvalue weighted by Gasteiger charge is 2.25. The molecule has 2 atom stereocenters. The molecular formula is C15H24N4O2. The molecule has 0 spiro atoms. The Labute approximate surface area is 125 Å². The molecule has 2 rings (SSSR count). The first-order valence-corrected chi connectivity index (χ1v) is 7.39. The maximum Gasteiger partial charge on any atom is 0.238 e. The fourth-order valence-corrected chi connectivity index (χ4v) is 2.67. The van der Waals surface area contributed by atoms with Crippen LogP contribution < -0.4 is 5.32 Å². The van der Waals surface area contributed by atoms with Crippen molar-refractivity contribution in [3.8, 4) is 0 Å². The first-order chi connectivity index (χ1) is 10.0. The Kier molecular flexibility index (Phi) is 5.67. The van der Waals surface area contributed by atoms with Gasteiger partial charge in [-0.1, -0.05) is 0 Å². The van der Waals surface area contributed by atoms with Gasteiger partial charge in [0.1, 0.15) is 0 Å². The van der Waals surface area contributed by atoms with Gasteiger partial charge < -0.3 is 10.4 Å². The lowest BCUT2D eigenvalue weighted by molar-refractivity contribution is -0.118. The van der Waals surface area contributed by atoms with Crippen molar-refractivity contribution in [2.75, 3.05) is 38.0 Å². The van der Waals surface area contributed by atoms with E-state index in [0.717, 1.165) is 25.3 Å². The van der Waals surface area contributed by atoms with Crippen LogP contribution in [0.5, 0.6) is 0 Å². The van der Waals surface area contributed by atoms with Crippen molar-refractivity contribution in [1.82, 2.24) is 14.8 Å². The van der Waals surface area contributed by atoms with Crippen molar-refractivity contribution in [1.29, 1.82) is 0 Å². The van der Waals surface area contributed by atoms with E-state index >= 15 is 0 Å². The topological polar surface area (TPSA) is 68.7 Å². The minimum atomic E-state index is -0.312. The van der Waals surface area contributed by atoms with Gasteiger partial charge in [0.2, 0.25) is 5.91 Å². The average Bonchev–Trinajstić information content (AvgIpc) is 2.42. The van der Waals surface area contributed by atoms with Crippen LogP contribution in [0.2, 0.25) is 0 Å². The summed E-state index contributed by atoms with van der Waals surface area (Å²) in [7, 11) is 0. The van der Waals surface area contributed by atoms with E-state index in [2.05, 4.69) is 27.0 Å². The number of carbonyl (C=O) groups excluding carboxylic acids is 1. The van der Waals surface area contributed by atoms with E-state index in [-0.39, 0.29) is 12.0 Å². The second-order valence-electron chi connectivity index (χ2n) is 5.72. The normalized spacial score (nSPS) is 22.0. The Bertz CT molecular complexity index is 452. The molecular weight excluding hydrogens is 268 g/mol. The van der Waals surface area contributed by atoms with Crippen LogP contribution >= 0.6 is 0 Å². The SMILES string of the molecule is C[C@H](O)CN1CCN(CC(=O)Nc2cccnc2)C[C@H]1C. The minimum Gasteiger partial charge on any atom is -0.392 e. The lowest BCUT2D eigenvalue weighted by Gasteiger charge is -2.40. The predicted molar refractivity (Wildman–Crippen MR) is 82.0 cm³/mol. The third-order valence-corrected chi connectivity index (χ3v) is 3.66. The van der Waals surface area contributed by atoms with Crippen LogP contribution in [0.25, 0.3) is 0 Å². The van der Waals surface area contributed by atoms with Crippen LogP contribution in [0.1, 0.15) is 13.8 Å². The molecule has 116 valence electrons. The molecule has 2 N–H and O–H groups in total. The summed E-state index contributed by atoms with van der Waals surface area (Å²) in [6.45, 7) is 7.59. The van der Waals surface area contributed by atoms with Crippen LogP contribution in [0.3, 0.4) is 0 Å². The molecule has 0 radical (unpaired) electrons. The predicted octanol–water partition coefficient (Wildman–Crippen LogP) is 0.407. The smallest absolute Gasteiger partial charge is 0.238 e. The van der Waals surface area contributed by atoms with E-state index in [4.69, 9.17) is 0 Å². The Morgan fingerprint density at radius 3 is 3.00 bits per heavy atom. The number of piperazine rings is 1. The molecule has 0 bridgehead atoms. The number of nitrogens with zero attached hydrogens (tertiary/aromatic N) is 3. The number of nitrogens with one attached hydrogen (secondary N) is 1. The number of aliphatic hydroxyl groups excluding tert-OH is 1. The molecule has 6 heteroatoms. The summed E-state index contributed by atoms with van der Waals surface area (Å²) in [5, 5.41) is 12.3. The quantitative estimate of drug-likeness (QED) is 0.822. The monoisotopic (exact) mass is 292 g/mol. The maximum absolute atomic E-state index is 12.0. The molecule has 1 aromatic rings. The average molecular weight is 292 g/mol. The Morgan fingerprint density at radius 2 is 2.38 bits per heavy atom. The van der Waals surface area contributed by atoms with Crippen LogP contribution in [-0.4, -0.2) is 70.7 Å². The summed E-state index contributed by atoms with van der Waals surface area (Å²) in [6.07, 6.45) is 3.01. The summed E-state index contributed by atoms with van der Waals surface area (Å²) in [5.41, 5.74) is 0.725. The molecule has 0 saturated carbocycles. The van der Waals surface area contributed by atoms with Crippen molar-refractivity contribution in [2.24, 2.45) is 0 Å². The first kappa shape index (κ1) is 15.9. The molecule has 2 heterocycles. The number of carbonyl (C=O) groups is 1. The molecule has 0 aliphatic carbocycles. The fraction of sp³-hybridized carbons (Fsp3) is 0.600. The van der Waals surface area contributed by atoms with Crippen molar-refractivity contribution in [3.05, 3.63) is 24.5 Å². The minimum absolute atomic E-state index is 0.0147. The summed E-state index contributed by atoms with van der Waals surface area (Å²) in [6, 6.07) is 3.97. The highest BCUT2D eigenvalue weighted by Crippen LogP contribution is 2.10. The second-order valence-corrected chi connectivity index (χ2v) is 5.72. The number of aliphatic hydroxyl groups is 1. The Balaban J connectivity index is 1.78. The number of hydrogen-bond donors (Lipinski definition) is 2. The first-order valence-electron chi connectivity index (χ1n) is 7.39. The number of pyridine rings is 1. The van der Waals surface area contributed by atoms with Gasteiger partial charge in [-0.3, -0.25) is 19.6 Å². The van der Waals surface area contributed by atoms with Gasteiger partial charge in [0.05, 0.1) is 24.5 Å². The highest BCUT2D eigenvalue weighted by molar-refractivity contribution is 5.92. The molecule has 6 nitrogen and oxygen atoms in total. The molecule has 1 fully saturated rings. The molecule has 1 aromatic heterocycles. The Hall–Kier alpha value is -1.50. The largest absolute Gasteiger partial charge is 0.392 e. The molecule has 1 aliphatic heterocycles. The van der Waals surface area contributed by atoms with Crippen LogP contribution in [0.4, 0.5) is 5.69 Å². The van der Waals surface area contributed by atoms with Crippen molar-refractivity contribution >= 4 is 11.6 Å². The molecule has 1 amide bonds. The maximum atomic E-state index is 12.0. The van der Waals surface area contributed by atoms with E-state index in [0.29, 0.717) is 19.1 Å². The summed E-state index contributed by atoms with van der Waals surface area (Å²) in [5.74, 6) is -0.0147. The van der Waals surface area contributed by atoms with Crippen molar-refractivity contribution < 1.29 is 9.90 Å². The number of aromatic nitrogens is 1. The molecule has 0 aromatic carbocycles. The van der Waals surface area contributed by atoms with Gasteiger partial charge in [-0.05, 0) is 26.0 Å². The van der Waals surface area contributed by atoms with Crippen LogP contribution in [-0.2, 0) is 4.79 Å². The van der Waals surface area contributed by atoms with Gasteiger partial charge >= 0.3 is 0 Å². The third-order valence-electron chi connectivity index (χ3n) is 3.66. The van der Waals surface area contributed by atoms with Gasteiger partial charge in [0.25, 0.3) is 0 Å². The fourth-order valence-electron chi connectivity index (χ4n) is 2.67. The second kappa shape index (κ2) is 7.49. The van der Waals surface area contributed by atoms with E-state index in [1.54, 1.807) is 25.4 Å². The Morgan fingerprint density at radius 1 is 1.57 bits per heavy atom. The zero-order valence-electron chi connectivity index (χ0n) is 12.7. The zero-order valence-corrected chi connectivity index (χ0v) is 12.7. The van der Waals surface area contributed by atoms with Crippen LogP contribution in [0, 0.1) is 0 Å². The van der Waals surface area contributed by atoms with Crippen molar-refractivity contribution in [2.45, 2.75) is 26.0 Å². The number of rotatable bonds is 5. The molecule has 1 aliphatic rings. The number of anilines is 1. The number of amides is 1.